The van der Waals surface area contributed by atoms with Gasteiger partial charge in [0, 0.05) is 0 Å². The van der Waals surface area contributed by atoms with E-state index in [0.29, 0.717) is 0 Å². The average Bonchev–Trinajstić information content (AvgIpc) is 2.13. The molecule has 0 bridgehead atoms. The fraction of sp³-hybridized carbons (Fsp3) is 0.333. The van der Waals surface area contributed by atoms with E-state index in [-0.39, 0.29) is 23.5 Å². The maximum absolute atomic E-state index is 10.1. The summed E-state index contributed by atoms with van der Waals surface area (Å²) in [7, 11) is 1.85. The lowest BCUT2D eigenvalue weighted by molar-refractivity contribution is -0.671. The number of aryl methyl sites for hydroxylation is 1. The highest BCUT2D eigenvalue weighted by atomic mass is 79.9. The second kappa shape index (κ2) is 4.12. The molecule has 0 saturated carbocycles. The van der Waals surface area contributed by atoms with Crippen molar-refractivity contribution in [1.29, 1.82) is 0 Å². The Bertz CT molecular complexity index is 246. The van der Waals surface area contributed by atoms with Gasteiger partial charge in [-0.05, 0) is 0 Å². The summed E-state index contributed by atoms with van der Waals surface area (Å²) < 4.78 is 3.39. The monoisotopic (exact) mass is 220 g/mol. The number of imidazole rings is 1. The molecule has 11 heavy (non-hydrogen) atoms. The number of nitrogens with zero attached hydrogens (tertiary/aromatic N) is 2. The molecule has 0 aromatic carbocycles. The highest BCUT2D eigenvalue weighted by Crippen LogP contribution is 1.81. The molecule has 0 spiro atoms. The summed E-state index contributed by atoms with van der Waals surface area (Å²) in [6, 6.07) is 0. The lowest BCUT2D eigenvalue weighted by Gasteiger charge is -1.85. The normalized spacial score (nSPS) is 8.82. The first-order valence-electron chi connectivity index (χ1n) is 2.91. The van der Waals surface area contributed by atoms with Gasteiger partial charge in [-0.2, -0.15) is 0 Å². The Morgan fingerprint density at radius 2 is 2.36 bits per heavy atom. The van der Waals surface area contributed by atoms with Crippen molar-refractivity contribution in [3.63, 3.8) is 0 Å². The highest BCUT2D eigenvalue weighted by Gasteiger charge is 2.03. The Balaban J connectivity index is 0.000001000. The van der Waals surface area contributed by atoms with Crippen molar-refractivity contribution in [3.8, 4) is 0 Å². The third-order valence-corrected chi connectivity index (χ3v) is 1.14. The number of carboxylic acids is 1. The van der Waals surface area contributed by atoms with Gasteiger partial charge < -0.3 is 22.1 Å². The van der Waals surface area contributed by atoms with Gasteiger partial charge in [0.05, 0.1) is 7.05 Å². The first-order valence-corrected chi connectivity index (χ1v) is 2.91. The van der Waals surface area contributed by atoms with Crippen molar-refractivity contribution in [2.45, 2.75) is 6.54 Å². The van der Waals surface area contributed by atoms with E-state index in [4.69, 9.17) is 5.11 Å². The van der Waals surface area contributed by atoms with Crippen LogP contribution in [-0.2, 0) is 18.4 Å². The van der Waals surface area contributed by atoms with Gasteiger partial charge in [-0.25, -0.2) is 13.9 Å². The van der Waals surface area contributed by atoms with Gasteiger partial charge in [0.15, 0.2) is 6.54 Å². The number of hydrogen-bond acceptors (Lipinski definition) is 1. The third kappa shape index (κ3) is 3.18. The van der Waals surface area contributed by atoms with E-state index >= 15 is 0 Å². The van der Waals surface area contributed by atoms with Crippen LogP contribution in [0.15, 0.2) is 18.7 Å². The molecule has 62 valence electrons. The van der Waals surface area contributed by atoms with Gasteiger partial charge in [0.25, 0.3) is 0 Å². The molecule has 0 aliphatic rings. The van der Waals surface area contributed by atoms with Gasteiger partial charge in [0.2, 0.25) is 6.33 Å². The summed E-state index contributed by atoms with van der Waals surface area (Å²) in [5, 5.41) is 8.35. The maximum Gasteiger partial charge on any atom is 0.346 e. The lowest BCUT2D eigenvalue weighted by atomic mass is 10.6. The minimum atomic E-state index is -0.823. The zero-order valence-corrected chi connectivity index (χ0v) is 7.65. The van der Waals surface area contributed by atoms with Gasteiger partial charge >= 0.3 is 5.97 Å². The van der Waals surface area contributed by atoms with Crippen molar-refractivity contribution in [1.82, 2.24) is 4.57 Å². The lowest BCUT2D eigenvalue weighted by Crippen LogP contribution is -3.00. The molecule has 0 radical (unpaired) electrons. The van der Waals surface area contributed by atoms with Gasteiger partial charge in [-0.3, -0.25) is 0 Å². The Labute approximate surface area is 74.8 Å². The summed E-state index contributed by atoms with van der Waals surface area (Å²) in [6.07, 6.45) is 5.23. The molecule has 0 amide bonds. The summed E-state index contributed by atoms with van der Waals surface area (Å²) in [5.74, 6) is -0.823. The number of rotatable bonds is 2. The minimum Gasteiger partial charge on any atom is -1.00 e. The molecular formula is C6H9BrN2O2. The smallest absolute Gasteiger partial charge is 0.346 e. The Morgan fingerprint density at radius 1 is 1.73 bits per heavy atom. The van der Waals surface area contributed by atoms with E-state index in [1.54, 1.807) is 27.9 Å². The predicted octanol–water partition coefficient (Wildman–Crippen LogP) is -3.60. The zero-order valence-electron chi connectivity index (χ0n) is 6.07. The van der Waals surface area contributed by atoms with E-state index in [2.05, 4.69) is 0 Å². The fourth-order valence-corrected chi connectivity index (χ4v) is 0.751. The van der Waals surface area contributed by atoms with E-state index in [1.165, 1.54) is 0 Å². The van der Waals surface area contributed by atoms with E-state index in [0.717, 1.165) is 0 Å². The number of halogens is 1. The molecule has 0 unspecified atom stereocenters. The van der Waals surface area contributed by atoms with E-state index < -0.39 is 5.97 Å². The minimum absolute atomic E-state index is 0. The van der Waals surface area contributed by atoms with Crippen LogP contribution in [0.25, 0.3) is 0 Å². The fourth-order valence-electron chi connectivity index (χ4n) is 0.751. The van der Waals surface area contributed by atoms with Crippen LogP contribution in [0.4, 0.5) is 0 Å². The summed E-state index contributed by atoms with van der Waals surface area (Å²) in [6.45, 7) is 0.0286. The molecule has 0 saturated heterocycles. The molecule has 1 aromatic heterocycles. The van der Waals surface area contributed by atoms with Crippen molar-refractivity contribution in [3.05, 3.63) is 18.7 Å². The molecule has 0 aliphatic carbocycles. The van der Waals surface area contributed by atoms with Crippen LogP contribution in [0, 0.1) is 0 Å². The van der Waals surface area contributed by atoms with Gasteiger partial charge in [-0.1, -0.05) is 0 Å². The first kappa shape index (κ1) is 10.2. The highest BCUT2D eigenvalue weighted by molar-refractivity contribution is 5.66. The molecule has 1 heterocycles. The van der Waals surface area contributed by atoms with Crippen LogP contribution in [0.5, 0.6) is 0 Å². The second-order valence-electron chi connectivity index (χ2n) is 2.15. The van der Waals surface area contributed by atoms with Crippen LogP contribution >= 0.6 is 0 Å². The molecule has 5 heteroatoms. The number of carboxylic acid groups (broad SMARTS) is 1. The Kier molecular flexibility index (Phi) is 3.81. The summed E-state index contributed by atoms with van der Waals surface area (Å²) >= 11 is 0. The third-order valence-electron chi connectivity index (χ3n) is 1.14. The van der Waals surface area contributed by atoms with Crippen molar-refractivity contribution < 1.29 is 31.4 Å². The maximum atomic E-state index is 10.1. The molecule has 1 N–H and O–H groups in total. The molecular weight excluding hydrogens is 212 g/mol. The number of carbonyl (C=O) groups is 1. The Hall–Kier alpha value is -0.840. The molecule has 4 nitrogen and oxygen atoms in total. The van der Waals surface area contributed by atoms with Crippen molar-refractivity contribution in [2.24, 2.45) is 7.05 Å². The van der Waals surface area contributed by atoms with Crippen molar-refractivity contribution >= 4 is 5.97 Å². The zero-order chi connectivity index (χ0) is 7.56. The SMILES string of the molecule is C[n+]1ccn(CC(=O)O)c1.[Br-]. The largest absolute Gasteiger partial charge is 1.00 e. The number of hydrogen-bond donors (Lipinski definition) is 1. The quantitative estimate of drug-likeness (QED) is 0.524. The summed E-state index contributed by atoms with van der Waals surface area (Å²) in [5.41, 5.74) is 0. The number of aromatic nitrogens is 2. The van der Waals surface area contributed by atoms with Crippen molar-refractivity contribution in [2.75, 3.05) is 0 Å². The molecule has 1 rings (SSSR count). The molecule has 0 aliphatic heterocycles. The number of aliphatic carboxylic acids is 1. The van der Waals surface area contributed by atoms with Crippen LogP contribution in [0.3, 0.4) is 0 Å². The summed E-state index contributed by atoms with van der Waals surface area (Å²) in [4.78, 5) is 10.1. The van der Waals surface area contributed by atoms with Gasteiger partial charge in [-0.15, -0.1) is 0 Å². The average molecular weight is 221 g/mol. The van der Waals surface area contributed by atoms with Crippen LogP contribution in [0.1, 0.15) is 0 Å². The molecule has 1 aromatic rings. The van der Waals surface area contributed by atoms with Crippen LogP contribution in [0.2, 0.25) is 0 Å². The van der Waals surface area contributed by atoms with Gasteiger partial charge in [0.1, 0.15) is 12.4 Å². The molecule has 0 atom stereocenters. The van der Waals surface area contributed by atoms with Crippen LogP contribution < -0.4 is 21.5 Å². The topological polar surface area (TPSA) is 46.1 Å². The first-order chi connectivity index (χ1) is 4.68. The standard InChI is InChI=1S/C6H8N2O2.BrH/c1-7-2-3-8(5-7)4-6(9)10;/h2-3,5H,4H2,1H3;1H. The Morgan fingerprint density at radius 3 is 2.73 bits per heavy atom. The van der Waals surface area contributed by atoms with Crippen LogP contribution in [-0.4, -0.2) is 15.6 Å². The predicted molar refractivity (Wildman–Crippen MR) is 33.2 cm³/mol. The van der Waals surface area contributed by atoms with E-state index in [9.17, 15) is 4.79 Å². The van der Waals surface area contributed by atoms with E-state index in [1.807, 2.05) is 7.05 Å². The molecule has 0 fully saturated rings. The second-order valence-corrected chi connectivity index (χ2v) is 2.15.